The van der Waals surface area contributed by atoms with Crippen LogP contribution in [-0.4, -0.2) is 75.7 Å². The van der Waals surface area contributed by atoms with E-state index in [2.05, 4.69) is 39.9 Å². The van der Waals surface area contributed by atoms with Crippen LogP contribution in [0.3, 0.4) is 0 Å². The van der Waals surface area contributed by atoms with Gasteiger partial charge in [-0.05, 0) is 26.7 Å². The average Bonchev–Trinajstić information content (AvgIpc) is 3.28. The standard InChI is InChI=1S/C17H27N5O2S/c1-4-15-18-16(25-19-15)21-9-13-14(10-21)24-17(23)22(13)12-5-7-20(8-6-12)11(2)3/h11-14H,4-10H2,1-3H3/t13-,14+/m1/s1. The van der Waals surface area contributed by atoms with Crippen LogP contribution in [0.4, 0.5) is 9.93 Å². The minimum Gasteiger partial charge on any atom is -0.442 e. The van der Waals surface area contributed by atoms with Gasteiger partial charge in [-0.1, -0.05) is 6.92 Å². The number of hydrogen-bond acceptors (Lipinski definition) is 7. The molecule has 3 aliphatic heterocycles. The van der Waals surface area contributed by atoms with Gasteiger partial charge in [0.1, 0.15) is 11.9 Å². The summed E-state index contributed by atoms with van der Waals surface area (Å²) in [5, 5.41) is 0.955. The minimum atomic E-state index is -0.121. The average molecular weight is 366 g/mol. The zero-order valence-corrected chi connectivity index (χ0v) is 16.0. The van der Waals surface area contributed by atoms with E-state index in [1.807, 2.05) is 4.90 Å². The van der Waals surface area contributed by atoms with Crippen molar-refractivity contribution in [3.05, 3.63) is 5.82 Å². The van der Waals surface area contributed by atoms with Crippen LogP contribution in [0.2, 0.25) is 0 Å². The number of nitrogens with zero attached hydrogens (tertiary/aromatic N) is 5. The van der Waals surface area contributed by atoms with E-state index < -0.39 is 0 Å². The lowest BCUT2D eigenvalue weighted by atomic mass is 10.0. The fourth-order valence-corrected chi connectivity index (χ4v) is 5.01. The fourth-order valence-electron chi connectivity index (χ4n) is 4.24. The number of carbonyl (C=O) groups excluding carboxylic acids is 1. The molecule has 25 heavy (non-hydrogen) atoms. The molecule has 4 heterocycles. The Morgan fingerprint density at radius 2 is 2.04 bits per heavy atom. The summed E-state index contributed by atoms with van der Waals surface area (Å²) in [5.41, 5.74) is 0. The van der Waals surface area contributed by atoms with Crippen molar-refractivity contribution < 1.29 is 9.53 Å². The van der Waals surface area contributed by atoms with Crippen LogP contribution in [-0.2, 0) is 11.2 Å². The van der Waals surface area contributed by atoms with E-state index in [1.54, 1.807) is 0 Å². The maximum atomic E-state index is 12.4. The molecule has 0 aromatic carbocycles. The SMILES string of the molecule is CCc1nsc(N2C[C@@H]3OC(=O)N(C4CCN(C(C)C)CC4)[C@@H]3C2)n1. The molecule has 0 spiro atoms. The smallest absolute Gasteiger partial charge is 0.410 e. The van der Waals surface area contributed by atoms with Crippen LogP contribution >= 0.6 is 11.5 Å². The molecule has 0 aliphatic carbocycles. The highest BCUT2D eigenvalue weighted by Gasteiger charge is 2.51. The predicted molar refractivity (Wildman–Crippen MR) is 97.1 cm³/mol. The number of aryl methyl sites for hydroxylation is 1. The summed E-state index contributed by atoms with van der Waals surface area (Å²) in [5.74, 6) is 0.895. The van der Waals surface area contributed by atoms with Crippen LogP contribution in [0.5, 0.6) is 0 Å². The highest BCUT2D eigenvalue weighted by Crippen LogP contribution is 2.34. The van der Waals surface area contributed by atoms with Crippen LogP contribution in [0.25, 0.3) is 0 Å². The molecule has 0 unspecified atom stereocenters. The zero-order chi connectivity index (χ0) is 17.6. The third-order valence-electron chi connectivity index (χ3n) is 5.72. The third kappa shape index (κ3) is 3.10. The second kappa shape index (κ2) is 6.72. The number of hydrogen-bond donors (Lipinski definition) is 0. The van der Waals surface area contributed by atoms with Gasteiger partial charge in [0.2, 0.25) is 5.13 Å². The first-order valence-electron chi connectivity index (χ1n) is 9.37. The van der Waals surface area contributed by atoms with Crippen molar-refractivity contribution in [3.8, 4) is 0 Å². The second-order valence-electron chi connectivity index (χ2n) is 7.51. The first-order valence-corrected chi connectivity index (χ1v) is 10.1. The Bertz CT molecular complexity index is 628. The molecule has 0 N–H and O–H groups in total. The fraction of sp³-hybridized carbons (Fsp3) is 0.824. The number of anilines is 1. The number of carbonyl (C=O) groups is 1. The number of amides is 1. The summed E-state index contributed by atoms with van der Waals surface area (Å²) in [6.45, 7) is 10.2. The summed E-state index contributed by atoms with van der Waals surface area (Å²) >= 11 is 1.45. The topological polar surface area (TPSA) is 61.8 Å². The van der Waals surface area contributed by atoms with Gasteiger partial charge in [-0.15, -0.1) is 0 Å². The first kappa shape index (κ1) is 17.0. The van der Waals surface area contributed by atoms with Gasteiger partial charge >= 0.3 is 6.09 Å². The molecule has 8 heteroatoms. The molecular weight excluding hydrogens is 338 g/mol. The Hall–Kier alpha value is -1.41. The summed E-state index contributed by atoms with van der Waals surface area (Å²) in [7, 11) is 0. The van der Waals surface area contributed by atoms with E-state index in [0.717, 1.165) is 56.4 Å². The lowest BCUT2D eigenvalue weighted by Crippen LogP contribution is -2.51. The highest BCUT2D eigenvalue weighted by molar-refractivity contribution is 7.09. The molecule has 3 saturated heterocycles. The Balaban J connectivity index is 1.43. The predicted octanol–water partition coefficient (Wildman–Crippen LogP) is 1.98. The molecule has 138 valence electrons. The number of ether oxygens (including phenoxy) is 1. The number of rotatable bonds is 4. The Labute approximate surface area is 153 Å². The van der Waals surface area contributed by atoms with Gasteiger partial charge in [0.25, 0.3) is 0 Å². The van der Waals surface area contributed by atoms with Crippen LogP contribution in [0.1, 0.15) is 39.4 Å². The Morgan fingerprint density at radius 3 is 2.68 bits per heavy atom. The molecule has 3 aliphatic rings. The normalized spacial score (nSPS) is 28.1. The molecule has 7 nitrogen and oxygen atoms in total. The van der Waals surface area contributed by atoms with Crippen molar-refractivity contribution in [1.82, 2.24) is 19.2 Å². The second-order valence-corrected chi connectivity index (χ2v) is 8.24. The van der Waals surface area contributed by atoms with Gasteiger partial charge in [-0.25, -0.2) is 9.78 Å². The van der Waals surface area contributed by atoms with Crippen molar-refractivity contribution in [2.45, 2.75) is 64.3 Å². The number of fused-ring (bicyclic) bond motifs is 1. The van der Waals surface area contributed by atoms with E-state index in [0.29, 0.717) is 12.1 Å². The number of piperidine rings is 1. The molecule has 2 atom stereocenters. The van der Waals surface area contributed by atoms with Crippen molar-refractivity contribution in [1.29, 1.82) is 0 Å². The molecule has 3 fully saturated rings. The summed E-state index contributed by atoms with van der Waals surface area (Å²) < 4.78 is 10.1. The lowest BCUT2D eigenvalue weighted by Gasteiger charge is -2.39. The van der Waals surface area contributed by atoms with Gasteiger partial charge in [-0.3, -0.25) is 4.90 Å². The van der Waals surface area contributed by atoms with Gasteiger partial charge in [0, 0.05) is 49.7 Å². The zero-order valence-electron chi connectivity index (χ0n) is 15.2. The Morgan fingerprint density at radius 1 is 1.28 bits per heavy atom. The molecular formula is C17H27N5O2S. The van der Waals surface area contributed by atoms with Crippen molar-refractivity contribution in [2.75, 3.05) is 31.1 Å². The lowest BCUT2D eigenvalue weighted by molar-refractivity contribution is 0.0946. The van der Waals surface area contributed by atoms with Gasteiger partial charge < -0.3 is 14.5 Å². The minimum absolute atomic E-state index is 0.0374. The largest absolute Gasteiger partial charge is 0.442 e. The molecule has 0 saturated carbocycles. The van der Waals surface area contributed by atoms with Crippen molar-refractivity contribution >= 4 is 22.8 Å². The van der Waals surface area contributed by atoms with E-state index in [1.165, 1.54) is 11.5 Å². The maximum absolute atomic E-state index is 12.4. The van der Waals surface area contributed by atoms with Crippen LogP contribution in [0, 0.1) is 0 Å². The molecule has 1 aromatic heterocycles. The molecule has 0 radical (unpaired) electrons. The number of aromatic nitrogens is 2. The summed E-state index contributed by atoms with van der Waals surface area (Å²) in [6, 6.07) is 1.03. The van der Waals surface area contributed by atoms with Crippen LogP contribution in [0.15, 0.2) is 0 Å². The van der Waals surface area contributed by atoms with E-state index in [4.69, 9.17) is 4.74 Å². The van der Waals surface area contributed by atoms with Gasteiger partial charge in [0.05, 0.1) is 12.6 Å². The molecule has 4 rings (SSSR count). The van der Waals surface area contributed by atoms with Crippen molar-refractivity contribution in [3.63, 3.8) is 0 Å². The number of likely N-dealkylation sites (tertiary alicyclic amines) is 1. The third-order valence-corrected chi connectivity index (χ3v) is 6.54. The summed E-state index contributed by atoms with van der Waals surface area (Å²) in [4.78, 5) is 23.8. The molecule has 1 aromatic rings. The maximum Gasteiger partial charge on any atom is 0.410 e. The van der Waals surface area contributed by atoms with Gasteiger partial charge in [-0.2, -0.15) is 4.37 Å². The van der Waals surface area contributed by atoms with E-state index in [-0.39, 0.29) is 18.2 Å². The van der Waals surface area contributed by atoms with Crippen molar-refractivity contribution in [2.24, 2.45) is 0 Å². The van der Waals surface area contributed by atoms with Gasteiger partial charge in [0.15, 0.2) is 0 Å². The molecule has 1 amide bonds. The van der Waals surface area contributed by atoms with E-state index in [9.17, 15) is 4.79 Å². The highest BCUT2D eigenvalue weighted by atomic mass is 32.1. The van der Waals surface area contributed by atoms with Crippen LogP contribution < -0.4 is 4.90 Å². The molecule has 0 bridgehead atoms. The van der Waals surface area contributed by atoms with E-state index >= 15 is 0 Å². The monoisotopic (exact) mass is 365 g/mol. The quantitative estimate of drug-likeness (QED) is 0.813. The first-order chi connectivity index (χ1) is 12.1. The Kier molecular flexibility index (Phi) is 4.58. The summed E-state index contributed by atoms with van der Waals surface area (Å²) in [6.07, 6.45) is 2.77.